The molecular formula is C96H142N12OS. The minimum Gasteiger partial charge on any atom is -0.361 e. The van der Waals surface area contributed by atoms with Crippen molar-refractivity contribution >= 4 is 71.4 Å². The second-order valence-corrected chi connectivity index (χ2v) is 30.9. The van der Waals surface area contributed by atoms with E-state index in [-0.39, 0.29) is 44.6 Å². The summed E-state index contributed by atoms with van der Waals surface area (Å²) < 4.78 is 11.1. The lowest BCUT2D eigenvalue weighted by Crippen LogP contribution is -1.92. The van der Waals surface area contributed by atoms with Crippen LogP contribution in [-0.4, -0.2) is 59.3 Å². The van der Waals surface area contributed by atoms with Gasteiger partial charge in [0.25, 0.3) is 0 Å². The Morgan fingerprint density at radius 3 is 1.48 bits per heavy atom. The van der Waals surface area contributed by atoms with Crippen LogP contribution < -0.4 is 0 Å². The highest BCUT2D eigenvalue weighted by atomic mass is 32.1. The van der Waals surface area contributed by atoms with E-state index in [2.05, 4.69) is 324 Å². The number of H-pyrrole nitrogens is 3. The summed E-state index contributed by atoms with van der Waals surface area (Å²) in [5.74, 6) is 6.04. The molecule has 10 aromatic heterocycles. The number of hydrogen-bond donors (Lipinski definition) is 3. The minimum atomic E-state index is 0. The van der Waals surface area contributed by atoms with Crippen molar-refractivity contribution in [1.29, 1.82) is 0 Å². The Labute approximate surface area is 668 Å². The van der Waals surface area contributed by atoms with E-state index in [0.29, 0.717) is 53.3 Å². The molecule has 0 unspecified atom stereocenters. The van der Waals surface area contributed by atoms with Crippen LogP contribution in [0.1, 0.15) is 300 Å². The number of pyridine rings is 2. The predicted octanol–water partition coefficient (Wildman–Crippen LogP) is 29.4. The molecule has 598 valence electrons. The Hall–Kier alpha value is -9.66. The Balaban J connectivity index is 0.000000616. The van der Waals surface area contributed by atoms with Gasteiger partial charge in [0.1, 0.15) is 5.76 Å². The van der Waals surface area contributed by atoms with Crippen LogP contribution in [0.2, 0.25) is 0 Å². The van der Waals surface area contributed by atoms with Crippen molar-refractivity contribution in [2.24, 2.45) is 14.1 Å². The molecule has 15 aromatic rings. The molecule has 0 bridgehead atoms. The lowest BCUT2D eigenvalue weighted by Gasteiger charge is -2.04. The molecule has 3 N–H and O–H groups in total. The third-order valence-electron chi connectivity index (χ3n) is 18.3. The van der Waals surface area contributed by atoms with E-state index < -0.39 is 0 Å². The van der Waals surface area contributed by atoms with Crippen LogP contribution in [-0.2, 0) is 14.1 Å². The zero-order chi connectivity index (χ0) is 76.1. The zero-order valence-electron chi connectivity index (χ0n) is 66.9. The maximum Gasteiger partial charge on any atom is 0.137 e. The highest BCUT2D eigenvalue weighted by molar-refractivity contribution is 7.11. The van der Waals surface area contributed by atoms with Crippen LogP contribution in [0.4, 0.5) is 0 Å². The second-order valence-electron chi connectivity index (χ2n) is 29.6. The van der Waals surface area contributed by atoms with Gasteiger partial charge in [0.2, 0.25) is 0 Å². The van der Waals surface area contributed by atoms with Crippen LogP contribution in [0.25, 0.3) is 60.0 Å². The fourth-order valence-electron chi connectivity index (χ4n) is 13.0. The molecule has 0 spiro atoms. The molecule has 0 aliphatic carbocycles. The standard InChI is InChI=1S/2C12H15N.C11H14N2.C11H13N.2C10H12N2.C8H13NO.C8H13NS.C8H11N.6CH4/c1-9(2)11-8-13(3)12-7-5-4-6-10(11)12;1-8(2)12-9(3)13-11-7-5-4-6-10(11)12;1-8(2)11-9-6-4-5-7-10(9)13(3)12-11;1-8(2)10-7-12-11-6-4-3-5-9(10)11;1-8(2)9-7-11-12-6-4-3-5-10(9)12;1-7(2)10-8-5-3-4-6-9(8)11-12-10;1-5(2)8-6(3)9-10-7(8)4;1-5(2)8-6(3)9-7(4)10-8;1-7(2)8-4-3-5-9-6-8;;;;;;/h4-9H,1-3H3;4-8,13H,1-3H3;4-8H,1-3H3;3-8,12H,1-2H3;3-8H,1-2H3;3-7H,1-2H3,(H,11,12);2*5H,1-4H3;3-7H,1-2H3;6*1H4. The Bertz CT molecular complexity index is 4730. The average Bonchev–Trinajstić information content (AvgIpc) is 1.65. The van der Waals surface area contributed by atoms with Crippen LogP contribution in [0, 0.1) is 34.6 Å². The minimum absolute atomic E-state index is 0. The lowest BCUT2D eigenvalue weighted by atomic mass is 10.00. The number of aryl methyl sites for hydroxylation is 7. The van der Waals surface area contributed by atoms with Crippen LogP contribution >= 0.6 is 11.3 Å². The molecule has 13 nitrogen and oxygen atoms in total. The van der Waals surface area contributed by atoms with Crippen molar-refractivity contribution in [3.8, 4) is 0 Å². The smallest absolute Gasteiger partial charge is 0.137 e. The first kappa shape index (κ1) is 98.3. The van der Waals surface area contributed by atoms with Crippen molar-refractivity contribution in [3.63, 3.8) is 0 Å². The van der Waals surface area contributed by atoms with Gasteiger partial charge in [-0.25, -0.2) is 9.50 Å². The first-order chi connectivity index (χ1) is 49.5. The average molecular weight is 1510 g/mol. The number of benzene rings is 5. The number of nitrogens with one attached hydrogen (secondary N) is 3. The Morgan fingerprint density at radius 2 is 0.982 bits per heavy atom. The number of aromatic amines is 3. The second kappa shape index (κ2) is 46.8. The van der Waals surface area contributed by atoms with Gasteiger partial charge >= 0.3 is 0 Å². The molecule has 0 saturated heterocycles. The van der Waals surface area contributed by atoms with Crippen molar-refractivity contribution < 1.29 is 4.52 Å². The van der Waals surface area contributed by atoms with Gasteiger partial charge < -0.3 is 19.1 Å². The molecule has 15 rings (SSSR count). The Kier molecular flexibility index (Phi) is 41.8. The molecule has 0 aliphatic rings. The fraction of sp³-hybridized carbons (Fsp3) is 0.417. The van der Waals surface area contributed by atoms with Gasteiger partial charge in [0, 0.05) is 116 Å². The van der Waals surface area contributed by atoms with Crippen molar-refractivity contribution in [2.45, 2.75) is 257 Å². The summed E-state index contributed by atoms with van der Waals surface area (Å²) in [6.07, 6.45) is 12.0. The maximum absolute atomic E-state index is 5.01. The molecule has 0 saturated carbocycles. The van der Waals surface area contributed by atoms with E-state index in [4.69, 9.17) is 4.52 Å². The molecule has 0 fully saturated rings. The van der Waals surface area contributed by atoms with E-state index in [1.54, 1.807) is 6.20 Å². The summed E-state index contributed by atoms with van der Waals surface area (Å²) in [6, 6.07) is 52.2. The highest BCUT2D eigenvalue weighted by Crippen LogP contribution is 2.31. The summed E-state index contributed by atoms with van der Waals surface area (Å²) in [6.45, 7) is 49.7. The molecule has 0 atom stereocenters. The number of rotatable bonds is 9. The first-order valence-electron chi connectivity index (χ1n) is 37.2. The molecular weight excluding hydrogens is 1370 g/mol. The van der Waals surface area contributed by atoms with Gasteiger partial charge in [-0.05, 0) is 159 Å². The summed E-state index contributed by atoms with van der Waals surface area (Å²) in [4.78, 5) is 16.5. The van der Waals surface area contributed by atoms with Crippen LogP contribution in [0.5, 0.6) is 0 Å². The third kappa shape index (κ3) is 26.3. The summed E-state index contributed by atoms with van der Waals surface area (Å²) in [7, 11) is 4.10. The number of para-hydroxylation sites is 5. The zero-order valence-corrected chi connectivity index (χ0v) is 67.8. The number of fused-ring (bicyclic) bond motifs is 6. The number of nitrogens with zero attached hydrogens (tertiary/aromatic N) is 9. The van der Waals surface area contributed by atoms with Gasteiger partial charge in [0.15, 0.2) is 0 Å². The van der Waals surface area contributed by atoms with E-state index in [0.717, 1.165) is 17.0 Å². The van der Waals surface area contributed by atoms with Crippen molar-refractivity contribution in [1.82, 2.24) is 59.3 Å². The normalized spacial score (nSPS) is 10.5. The number of thiazole rings is 1. The quantitative estimate of drug-likeness (QED) is 0.130. The number of hydrogen-bond acceptors (Lipinski definition) is 8. The first-order valence-corrected chi connectivity index (χ1v) is 38.0. The molecule has 10 heterocycles. The molecule has 5 aromatic carbocycles. The lowest BCUT2D eigenvalue weighted by molar-refractivity contribution is 0.392. The van der Waals surface area contributed by atoms with Gasteiger partial charge in [-0.2, -0.15) is 15.3 Å². The van der Waals surface area contributed by atoms with E-state index >= 15 is 0 Å². The number of aromatic nitrogens is 12. The van der Waals surface area contributed by atoms with E-state index in [9.17, 15) is 0 Å². The van der Waals surface area contributed by atoms with Crippen molar-refractivity contribution in [3.05, 3.63) is 266 Å². The summed E-state index contributed by atoms with van der Waals surface area (Å²) >= 11 is 1.81. The summed E-state index contributed by atoms with van der Waals surface area (Å²) in [5.41, 5.74) is 21.4. The monoisotopic (exact) mass is 1510 g/mol. The molecule has 110 heavy (non-hydrogen) atoms. The predicted molar refractivity (Wildman–Crippen MR) is 485 cm³/mol. The van der Waals surface area contributed by atoms with Crippen LogP contribution in [0.15, 0.2) is 193 Å². The van der Waals surface area contributed by atoms with E-state index in [1.807, 2.05) is 102 Å². The molecule has 0 radical (unpaired) electrons. The fourth-order valence-corrected chi connectivity index (χ4v) is 14.0. The maximum atomic E-state index is 5.01. The molecule has 14 heteroatoms. The largest absolute Gasteiger partial charge is 0.361 e. The SMILES string of the molecule is C.C.C.C.C.C.CC(C)c1[nH]nc2ccccc12.CC(C)c1c[nH]c2ccccc12.CC(C)c1cccnc1.CC(C)c1cn(C)c2ccccc12.CC(C)c1cnn2ccccc12.CC(C)c1nn(C)c2ccccc12.Cc1[nH]c2ccccc2c1C(C)C.Cc1nc(C)c(C(C)C)s1.Cc1noc(C)c1C(C)C. The van der Waals surface area contributed by atoms with Gasteiger partial charge in [-0.15, -0.1) is 11.3 Å². The topological polar surface area (TPSA) is 152 Å². The van der Waals surface area contributed by atoms with Gasteiger partial charge in [-0.1, -0.05) is 277 Å². The highest BCUT2D eigenvalue weighted by Gasteiger charge is 2.15. The third-order valence-corrected chi connectivity index (χ3v) is 19.6. The van der Waals surface area contributed by atoms with Gasteiger partial charge in [-0.3, -0.25) is 14.8 Å². The van der Waals surface area contributed by atoms with Gasteiger partial charge in [0.05, 0.1) is 44.8 Å². The molecule has 0 amide bonds. The molecule has 0 aliphatic heterocycles. The summed E-state index contributed by atoms with van der Waals surface area (Å²) in [5, 5.41) is 27.7. The van der Waals surface area contributed by atoms with Crippen LogP contribution in [0.3, 0.4) is 0 Å². The van der Waals surface area contributed by atoms with Crippen molar-refractivity contribution in [2.75, 3.05) is 0 Å². The van der Waals surface area contributed by atoms with E-state index in [1.165, 1.54) is 121 Å². The Morgan fingerprint density at radius 1 is 0.445 bits per heavy atom.